The van der Waals surface area contributed by atoms with Crippen molar-refractivity contribution < 1.29 is 14.7 Å². The van der Waals surface area contributed by atoms with Gasteiger partial charge in [-0.25, -0.2) is 0 Å². The zero-order valence-electron chi connectivity index (χ0n) is 12.2. The van der Waals surface area contributed by atoms with Gasteiger partial charge < -0.3 is 16.2 Å². The summed E-state index contributed by atoms with van der Waals surface area (Å²) < 4.78 is 0. The van der Waals surface area contributed by atoms with Crippen LogP contribution in [-0.4, -0.2) is 23.0 Å². The molecule has 1 saturated carbocycles. The largest absolute Gasteiger partial charge is 0.481 e. The summed E-state index contributed by atoms with van der Waals surface area (Å²) in [5, 5.41) is 11.9. The Balaban J connectivity index is 1.87. The third kappa shape index (κ3) is 4.04. The first-order valence-electron chi connectivity index (χ1n) is 7.32. The maximum atomic E-state index is 12.2. The number of carbonyl (C=O) groups is 2. The van der Waals surface area contributed by atoms with E-state index in [2.05, 4.69) is 5.32 Å². The molecule has 1 amide bonds. The Bertz CT molecular complexity index is 505. The summed E-state index contributed by atoms with van der Waals surface area (Å²) >= 11 is 0. The van der Waals surface area contributed by atoms with Crippen LogP contribution in [0.4, 0.5) is 0 Å². The van der Waals surface area contributed by atoms with Crippen LogP contribution < -0.4 is 11.1 Å². The van der Waals surface area contributed by atoms with Gasteiger partial charge in [0, 0.05) is 6.04 Å². The van der Waals surface area contributed by atoms with Gasteiger partial charge in [-0.1, -0.05) is 29.8 Å². The topological polar surface area (TPSA) is 92.4 Å². The van der Waals surface area contributed by atoms with E-state index < -0.39 is 12.0 Å². The standard InChI is InChI=1S/C16H22N2O3/c1-10-2-4-11(5-3-10)14(17)15(19)18-13-8-6-12(7-9-13)16(20)21/h2-5,12-14H,6-9,17H2,1H3,(H,18,19)(H,20,21). The Morgan fingerprint density at radius 3 is 2.29 bits per heavy atom. The van der Waals surface area contributed by atoms with Gasteiger partial charge in [-0.05, 0) is 38.2 Å². The fourth-order valence-corrected chi connectivity index (χ4v) is 2.70. The Labute approximate surface area is 124 Å². The van der Waals surface area contributed by atoms with Gasteiger partial charge in [0.05, 0.1) is 5.92 Å². The number of amides is 1. The molecule has 0 spiro atoms. The fraction of sp³-hybridized carbons (Fsp3) is 0.500. The molecule has 0 aliphatic heterocycles. The van der Waals surface area contributed by atoms with Gasteiger partial charge in [-0.2, -0.15) is 0 Å². The van der Waals surface area contributed by atoms with Gasteiger partial charge in [-0.3, -0.25) is 9.59 Å². The van der Waals surface area contributed by atoms with Crippen LogP contribution in [0, 0.1) is 12.8 Å². The van der Waals surface area contributed by atoms with E-state index in [9.17, 15) is 9.59 Å². The highest BCUT2D eigenvalue weighted by molar-refractivity contribution is 5.83. The van der Waals surface area contributed by atoms with Crippen molar-refractivity contribution in [2.75, 3.05) is 0 Å². The Hall–Kier alpha value is -1.88. The third-order valence-corrected chi connectivity index (χ3v) is 4.14. The molecule has 1 aromatic rings. The zero-order chi connectivity index (χ0) is 15.4. The predicted molar refractivity (Wildman–Crippen MR) is 79.6 cm³/mol. The predicted octanol–water partition coefficient (Wildman–Crippen LogP) is 1.75. The van der Waals surface area contributed by atoms with Crippen molar-refractivity contribution in [3.63, 3.8) is 0 Å². The second-order valence-electron chi connectivity index (χ2n) is 5.78. The maximum Gasteiger partial charge on any atom is 0.306 e. The molecule has 21 heavy (non-hydrogen) atoms. The molecule has 1 aliphatic carbocycles. The van der Waals surface area contributed by atoms with E-state index in [0.29, 0.717) is 25.7 Å². The van der Waals surface area contributed by atoms with E-state index in [1.165, 1.54) is 0 Å². The Morgan fingerprint density at radius 2 is 1.76 bits per heavy atom. The number of carbonyl (C=O) groups excluding carboxylic acids is 1. The highest BCUT2D eigenvalue weighted by Crippen LogP contribution is 2.25. The van der Waals surface area contributed by atoms with Crippen LogP contribution in [-0.2, 0) is 9.59 Å². The van der Waals surface area contributed by atoms with Gasteiger partial charge in [-0.15, -0.1) is 0 Å². The number of benzene rings is 1. The molecule has 0 heterocycles. The average Bonchev–Trinajstić information content (AvgIpc) is 2.47. The van der Waals surface area contributed by atoms with Crippen molar-refractivity contribution in [1.82, 2.24) is 5.32 Å². The van der Waals surface area contributed by atoms with Gasteiger partial charge >= 0.3 is 5.97 Å². The first-order chi connectivity index (χ1) is 9.97. The summed E-state index contributed by atoms with van der Waals surface area (Å²) in [6.07, 6.45) is 2.62. The van der Waals surface area contributed by atoms with Crippen molar-refractivity contribution in [1.29, 1.82) is 0 Å². The van der Waals surface area contributed by atoms with E-state index in [-0.39, 0.29) is 17.9 Å². The molecule has 0 bridgehead atoms. The van der Waals surface area contributed by atoms with E-state index >= 15 is 0 Å². The number of nitrogens with one attached hydrogen (secondary N) is 1. The lowest BCUT2D eigenvalue weighted by Gasteiger charge is -2.27. The number of hydrogen-bond acceptors (Lipinski definition) is 3. The molecule has 5 heteroatoms. The van der Waals surface area contributed by atoms with Crippen LogP contribution in [0.5, 0.6) is 0 Å². The fourth-order valence-electron chi connectivity index (χ4n) is 2.70. The summed E-state index contributed by atoms with van der Waals surface area (Å²) in [6.45, 7) is 1.98. The van der Waals surface area contributed by atoms with Crippen LogP contribution in [0.2, 0.25) is 0 Å². The summed E-state index contributed by atoms with van der Waals surface area (Å²) in [7, 11) is 0. The summed E-state index contributed by atoms with van der Waals surface area (Å²) in [4.78, 5) is 23.1. The molecule has 0 radical (unpaired) electrons. The number of hydrogen-bond donors (Lipinski definition) is 3. The molecule has 5 nitrogen and oxygen atoms in total. The van der Waals surface area contributed by atoms with Crippen LogP contribution in [0.15, 0.2) is 24.3 Å². The number of carboxylic acids is 1. The zero-order valence-corrected chi connectivity index (χ0v) is 12.2. The number of aryl methyl sites for hydroxylation is 1. The highest BCUT2D eigenvalue weighted by Gasteiger charge is 2.27. The number of rotatable bonds is 4. The van der Waals surface area contributed by atoms with Crippen LogP contribution in [0.25, 0.3) is 0 Å². The number of carboxylic acid groups (broad SMARTS) is 1. The molecule has 0 aromatic heterocycles. The summed E-state index contributed by atoms with van der Waals surface area (Å²) in [5.74, 6) is -1.21. The van der Waals surface area contributed by atoms with Gasteiger partial charge in [0.25, 0.3) is 0 Å². The van der Waals surface area contributed by atoms with Gasteiger partial charge in [0.2, 0.25) is 5.91 Å². The minimum atomic E-state index is -0.740. The molecule has 2 rings (SSSR count). The minimum absolute atomic E-state index is 0.0320. The first kappa shape index (κ1) is 15.5. The average molecular weight is 290 g/mol. The van der Waals surface area contributed by atoms with Crippen LogP contribution in [0.1, 0.15) is 42.9 Å². The molecule has 114 valence electrons. The van der Waals surface area contributed by atoms with E-state index in [1.807, 2.05) is 31.2 Å². The highest BCUT2D eigenvalue weighted by atomic mass is 16.4. The molecule has 4 N–H and O–H groups in total. The Kier molecular flexibility index (Phi) is 4.96. The molecule has 1 aliphatic rings. The molecule has 1 fully saturated rings. The molecule has 1 atom stereocenters. The third-order valence-electron chi connectivity index (χ3n) is 4.14. The number of aliphatic carboxylic acids is 1. The molecule has 0 saturated heterocycles. The Morgan fingerprint density at radius 1 is 1.19 bits per heavy atom. The summed E-state index contributed by atoms with van der Waals surface area (Å²) in [6, 6.07) is 6.94. The lowest BCUT2D eigenvalue weighted by atomic mass is 9.86. The first-order valence-corrected chi connectivity index (χ1v) is 7.32. The smallest absolute Gasteiger partial charge is 0.306 e. The van der Waals surface area contributed by atoms with Crippen molar-refractivity contribution >= 4 is 11.9 Å². The van der Waals surface area contributed by atoms with Crippen LogP contribution >= 0.6 is 0 Å². The normalized spacial score (nSPS) is 23.3. The number of nitrogens with two attached hydrogens (primary N) is 1. The van der Waals surface area contributed by atoms with Gasteiger partial charge in [0.15, 0.2) is 0 Å². The molecular formula is C16H22N2O3. The summed E-state index contributed by atoms with van der Waals surface area (Å²) in [5.41, 5.74) is 7.89. The van der Waals surface area contributed by atoms with Gasteiger partial charge in [0.1, 0.15) is 6.04 Å². The second kappa shape index (κ2) is 6.72. The lowest BCUT2D eigenvalue weighted by molar-refractivity contribution is -0.142. The lowest BCUT2D eigenvalue weighted by Crippen LogP contribution is -2.43. The maximum absolute atomic E-state index is 12.2. The van der Waals surface area contributed by atoms with E-state index in [0.717, 1.165) is 11.1 Å². The monoisotopic (exact) mass is 290 g/mol. The molecule has 1 unspecified atom stereocenters. The van der Waals surface area contributed by atoms with Crippen molar-refractivity contribution in [2.24, 2.45) is 11.7 Å². The molecular weight excluding hydrogens is 268 g/mol. The SMILES string of the molecule is Cc1ccc(C(N)C(=O)NC2CCC(C(=O)O)CC2)cc1. The van der Waals surface area contributed by atoms with E-state index in [1.54, 1.807) is 0 Å². The molecule has 1 aromatic carbocycles. The quantitative estimate of drug-likeness (QED) is 0.787. The van der Waals surface area contributed by atoms with Crippen molar-refractivity contribution in [3.05, 3.63) is 35.4 Å². The van der Waals surface area contributed by atoms with Crippen LogP contribution in [0.3, 0.4) is 0 Å². The second-order valence-corrected chi connectivity index (χ2v) is 5.78. The van der Waals surface area contributed by atoms with Crippen molar-refractivity contribution in [2.45, 2.75) is 44.7 Å². The van der Waals surface area contributed by atoms with E-state index in [4.69, 9.17) is 10.8 Å². The minimum Gasteiger partial charge on any atom is -0.481 e. The van der Waals surface area contributed by atoms with Crippen molar-refractivity contribution in [3.8, 4) is 0 Å².